The zero-order valence-corrected chi connectivity index (χ0v) is 10.7. The van der Waals surface area contributed by atoms with Gasteiger partial charge in [0.1, 0.15) is 11.6 Å². The largest absolute Gasteiger partial charge is 0.329 e. The highest BCUT2D eigenvalue weighted by Crippen LogP contribution is 2.22. The Morgan fingerprint density at radius 2 is 2.06 bits per heavy atom. The molecule has 0 spiro atoms. The third-order valence-corrected chi connectivity index (χ3v) is 3.03. The summed E-state index contributed by atoms with van der Waals surface area (Å²) in [5.74, 6) is -1.05. The lowest BCUT2D eigenvalue weighted by atomic mass is 10.2. The molecule has 0 aliphatic heterocycles. The number of likely N-dealkylation sites (N-methyl/N-ethyl adjacent to an activating group) is 1. The molecule has 0 unspecified atom stereocenters. The second-order valence-corrected chi connectivity index (χ2v) is 4.33. The van der Waals surface area contributed by atoms with E-state index in [9.17, 15) is 8.78 Å². The van der Waals surface area contributed by atoms with Gasteiger partial charge in [0.2, 0.25) is 0 Å². The predicted octanol–water partition coefficient (Wildman–Crippen LogP) is 2.51. The number of nitrogens with zero attached hydrogens (tertiary/aromatic N) is 1. The highest BCUT2D eigenvalue weighted by Gasteiger charge is 2.14. The van der Waals surface area contributed by atoms with Crippen LogP contribution >= 0.6 is 15.9 Å². The molecule has 0 amide bonds. The zero-order valence-electron chi connectivity index (χ0n) is 9.14. The fourth-order valence-corrected chi connectivity index (χ4v) is 1.84. The minimum absolute atomic E-state index is 0.0877. The molecule has 0 aliphatic carbocycles. The van der Waals surface area contributed by atoms with Gasteiger partial charge in [-0.2, -0.15) is 0 Å². The molecule has 0 aromatic heterocycles. The van der Waals surface area contributed by atoms with Crippen LogP contribution < -0.4 is 5.73 Å². The second kappa shape index (κ2) is 6.27. The van der Waals surface area contributed by atoms with E-state index < -0.39 is 11.6 Å². The summed E-state index contributed by atoms with van der Waals surface area (Å²) in [7, 11) is 0. The number of rotatable bonds is 5. The molecule has 0 fully saturated rings. The first-order chi connectivity index (χ1) is 7.60. The van der Waals surface area contributed by atoms with Gasteiger partial charge in [0.15, 0.2) is 0 Å². The molecule has 0 heterocycles. The number of halogens is 3. The molecule has 0 atom stereocenters. The van der Waals surface area contributed by atoms with Crippen molar-refractivity contribution in [2.45, 2.75) is 13.5 Å². The minimum atomic E-state index is -0.532. The lowest BCUT2D eigenvalue weighted by Gasteiger charge is -2.20. The van der Waals surface area contributed by atoms with Crippen LogP contribution in [0.5, 0.6) is 0 Å². The highest BCUT2D eigenvalue weighted by atomic mass is 79.9. The standard InChI is InChI=1S/C11H15BrF2N2/c1-2-16(6-5-15)7-8-10(13)4-3-9(12)11(8)14/h3-4H,2,5-7,15H2,1H3. The van der Waals surface area contributed by atoms with Crippen LogP contribution in [0.25, 0.3) is 0 Å². The van der Waals surface area contributed by atoms with E-state index in [1.807, 2.05) is 11.8 Å². The maximum absolute atomic E-state index is 13.7. The Bertz CT molecular complexity index is 358. The Morgan fingerprint density at radius 3 is 2.62 bits per heavy atom. The predicted molar refractivity (Wildman–Crippen MR) is 64.1 cm³/mol. The molecule has 90 valence electrons. The van der Waals surface area contributed by atoms with Crippen LogP contribution in [0.15, 0.2) is 16.6 Å². The van der Waals surface area contributed by atoms with Gasteiger partial charge in [0.05, 0.1) is 4.47 Å². The monoisotopic (exact) mass is 292 g/mol. The molecule has 0 radical (unpaired) electrons. The normalized spacial score (nSPS) is 11.1. The van der Waals surface area contributed by atoms with Crippen molar-refractivity contribution >= 4 is 15.9 Å². The molecule has 0 saturated heterocycles. The van der Waals surface area contributed by atoms with E-state index in [1.165, 1.54) is 12.1 Å². The Hall–Kier alpha value is -0.520. The van der Waals surface area contributed by atoms with Crippen molar-refractivity contribution in [3.05, 3.63) is 33.8 Å². The summed E-state index contributed by atoms with van der Waals surface area (Å²) < 4.78 is 27.4. The molecule has 16 heavy (non-hydrogen) atoms. The van der Waals surface area contributed by atoms with E-state index in [0.717, 1.165) is 0 Å². The first kappa shape index (κ1) is 13.5. The van der Waals surface area contributed by atoms with Crippen LogP contribution in [0, 0.1) is 11.6 Å². The van der Waals surface area contributed by atoms with Gasteiger partial charge in [-0.05, 0) is 34.6 Å². The van der Waals surface area contributed by atoms with Crippen LogP contribution in [0.4, 0.5) is 8.78 Å². The smallest absolute Gasteiger partial charge is 0.144 e. The van der Waals surface area contributed by atoms with E-state index in [2.05, 4.69) is 15.9 Å². The van der Waals surface area contributed by atoms with E-state index in [0.29, 0.717) is 19.6 Å². The molecular weight excluding hydrogens is 278 g/mol. The van der Waals surface area contributed by atoms with Gasteiger partial charge < -0.3 is 5.73 Å². The fourth-order valence-electron chi connectivity index (χ4n) is 1.47. The van der Waals surface area contributed by atoms with Gasteiger partial charge in [-0.25, -0.2) is 8.78 Å². The van der Waals surface area contributed by atoms with Gasteiger partial charge in [-0.1, -0.05) is 6.92 Å². The van der Waals surface area contributed by atoms with Crippen LogP contribution in [-0.2, 0) is 6.54 Å². The third-order valence-electron chi connectivity index (χ3n) is 2.41. The van der Waals surface area contributed by atoms with E-state index >= 15 is 0 Å². The van der Waals surface area contributed by atoms with Crippen molar-refractivity contribution in [3.63, 3.8) is 0 Å². The number of benzene rings is 1. The van der Waals surface area contributed by atoms with Crippen molar-refractivity contribution < 1.29 is 8.78 Å². The van der Waals surface area contributed by atoms with Gasteiger partial charge >= 0.3 is 0 Å². The molecule has 1 aromatic rings. The van der Waals surface area contributed by atoms with Crippen molar-refractivity contribution in [1.82, 2.24) is 4.90 Å². The van der Waals surface area contributed by atoms with Crippen LogP contribution in [0.2, 0.25) is 0 Å². The fraction of sp³-hybridized carbons (Fsp3) is 0.455. The van der Waals surface area contributed by atoms with Crippen molar-refractivity contribution in [3.8, 4) is 0 Å². The molecule has 1 aromatic carbocycles. The van der Waals surface area contributed by atoms with Crippen LogP contribution in [-0.4, -0.2) is 24.5 Å². The first-order valence-electron chi connectivity index (χ1n) is 5.15. The van der Waals surface area contributed by atoms with Crippen LogP contribution in [0.1, 0.15) is 12.5 Å². The summed E-state index contributed by atoms with van der Waals surface area (Å²) in [4.78, 5) is 1.90. The first-order valence-corrected chi connectivity index (χ1v) is 5.94. The number of nitrogens with two attached hydrogens (primary N) is 1. The summed E-state index contributed by atoms with van der Waals surface area (Å²) in [6.07, 6.45) is 0. The van der Waals surface area contributed by atoms with E-state index in [4.69, 9.17) is 5.73 Å². The average Bonchev–Trinajstić information content (AvgIpc) is 2.28. The summed E-state index contributed by atoms with van der Waals surface area (Å²) >= 11 is 3.05. The lowest BCUT2D eigenvalue weighted by Crippen LogP contribution is -2.29. The molecule has 1 rings (SSSR count). The quantitative estimate of drug-likeness (QED) is 0.845. The second-order valence-electron chi connectivity index (χ2n) is 3.48. The summed E-state index contributed by atoms with van der Waals surface area (Å²) in [5, 5.41) is 0. The zero-order chi connectivity index (χ0) is 12.1. The summed E-state index contributed by atoms with van der Waals surface area (Å²) in [5.41, 5.74) is 5.51. The minimum Gasteiger partial charge on any atom is -0.329 e. The van der Waals surface area contributed by atoms with Crippen molar-refractivity contribution in [2.75, 3.05) is 19.6 Å². The molecule has 2 N–H and O–H groups in total. The van der Waals surface area contributed by atoms with Gasteiger partial charge in [0, 0.05) is 25.2 Å². The maximum Gasteiger partial charge on any atom is 0.144 e. The molecule has 0 aliphatic rings. The van der Waals surface area contributed by atoms with Gasteiger partial charge in [-0.3, -0.25) is 4.90 Å². The van der Waals surface area contributed by atoms with Gasteiger partial charge in [0.25, 0.3) is 0 Å². The number of hydrogen-bond acceptors (Lipinski definition) is 2. The summed E-state index contributed by atoms with van der Waals surface area (Å²) in [6, 6.07) is 2.63. The van der Waals surface area contributed by atoms with E-state index in [-0.39, 0.29) is 16.6 Å². The third kappa shape index (κ3) is 3.23. The van der Waals surface area contributed by atoms with Crippen molar-refractivity contribution in [1.29, 1.82) is 0 Å². The summed E-state index contributed by atoms with van der Waals surface area (Å²) in [6.45, 7) is 3.99. The van der Waals surface area contributed by atoms with E-state index in [1.54, 1.807) is 0 Å². The topological polar surface area (TPSA) is 29.3 Å². The lowest BCUT2D eigenvalue weighted by molar-refractivity contribution is 0.278. The molecule has 2 nitrogen and oxygen atoms in total. The van der Waals surface area contributed by atoms with Crippen LogP contribution in [0.3, 0.4) is 0 Å². The van der Waals surface area contributed by atoms with Gasteiger partial charge in [-0.15, -0.1) is 0 Å². The average molecular weight is 293 g/mol. The highest BCUT2D eigenvalue weighted by molar-refractivity contribution is 9.10. The van der Waals surface area contributed by atoms with Crippen molar-refractivity contribution in [2.24, 2.45) is 5.73 Å². The number of hydrogen-bond donors (Lipinski definition) is 1. The molecule has 0 saturated carbocycles. The Kier molecular flexibility index (Phi) is 5.31. The maximum atomic E-state index is 13.7. The molecular formula is C11H15BrF2N2. The Labute approximate surface area is 103 Å². The Balaban J connectivity index is 2.90. The molecule has 0 bridgehead atoms. The molecule has 5 heteroatoms. The SMILES string of the molecule is CCN(CCN)Cc1c(F)ccc(Br)c1F. The Morgan fingerprint density at radius 1 is 1.38 bits per heavy atom.